The van der Waals surface area contributed by atoms with Gasteiger partial charge in [0.2, 0.25) is 5.91 Å². The first-order chi connectivity index (χ1) is 19.7. The third kappa shape index (κ3) is 5.83. The molecule has 1 saturated heterocycles. The van der Waals surface area contributed by atoms with E-state index in [1.165, 1.54) is 0 Å². The molecule has 0 unspecified atom stereocenters. The highest BCUT2D eigenvalue weighted by Crippen LogP contribution is 2.44. The second-order valence-electron chi connectivity index (χ2n) is 12.7. The van der Waals surface area contributed by atoms with Crippen LogP contribution in [-0.4, -0.2) is 51.4 Å². The van der Waals surface area contributed by atoms with E-state index in [-0.39, 0.29) is 24.0 Å². The molecule has 3 aromatic rings. The highest BCUT2D eigenvalue weighted by molar-refractivity contribution is 5.98. The van der Waals surface area contributed by atoms with Gasteiger partial charge < -0.3 is 19.3 Å². The van der Waals surface area contributed by atoms with E-state index in [2.05, 4.69) is 19.2 Å². The van der Waals surface area contributed by atoms with Gasteiger partial charge in [-0.3, -0.25) is 4.79 Å². The largest absolute Gasteiger partial charge is 0.455 e. The summed E-state index contributed by atoms with van der Waals surface area (Å²) in [6, 6.07) is 14.1. The minimum atomic E-state index is -0.496. The molecule has 3 aliphatic rings. The molecule has 0 N–H and O–H groups in total. The zero-order chi connectivity index (χ0) is 28.7. The van der Waals surface area contributed by atoms with Crippen LogP contribution in [0.3, 0.4) is 0 Å². The van der Waals surface area contributed by atoms with E-state index in [4.69, 9.17) is 14.6 Å². The summed E-state index contributed by atoms with van der Waals surface area (Å²) in [6.07, 6.45) is 9.18. The van der Waals surface area contributed by atoms with Crippen molar-refractivity contribution >= 4 is 17.7 Å². The van der Waals surface area contributed by atoms with Crippen molar-refractivity contribution in [2.45, 2.75) is 83.8 Å². The number of rotatable bonds is 5. The van der Waals surface area contributed by atoms with Crippen LogP contribution in [0.1, 0.15) is 76.8 Å². The van der Waals surface area contributed by atoms with E-state index in [0.717, 1.165) is 72.5 Å². The van der Waals surface area contributed by atoms with Crippen LogP contribution in [0, 0.1) is 5.92 Å². The standard InChI is InChI=1S/C33H40N4O4/c1-22-10-13-27-28(37(22)31(38)24-11-12-24)14-15-29(30(27)40-26-8-6-5-7-9-26)36-21-25(20-34-36)23-16-18-35(19-17-23)32(39)41-33(2,3)4/h5-9,14-15,20-24H,10-13,16-19H2,1-4H3/t22-/m0/s1. The molecule has 2 aliphatic heterocycles. The van der Waals surface area contributed by atoms with Crippen LogP contribution >= 0.6 is 0 Å². The monoisotopic (exact) mass is 556 g/mol. The summed E-state index contributed by atoms with van der Waals surface area (Å²) in [5, 5.41) is 4.77. The third-order valence-corrected chi connectivity index (χ3v) is 8.32. The molecule has 0 spiro atoms. The number of anilines is 1. The van der Waals surface area contributed by atoms with Gasteiger partial charge in [-0.1, -0.05) is 18.2 Å². The number of piperidine rings is 1. The summed E-state index contributed by atoms with van der Waals surface area (Å²) < 4.78 is 14.0. The number of hydrogen-bond donors (Lipinski definition) is 0. The number of benzene rings is 2. The van der Waals surface area contributed by atoms with Crippen LogP contribution in [0.15, 0.2) is 54.9 Å². The molecule has 0 radical (unpaired) electrons. The topological polar surface area (TPSA) is 76.9 Å². The first-order valence-electron chi connectivity index (χ1n) is 14.9. The first-order valence-corrected chi connectivity index (χ1v) is 14.9. The van der Waals surface area contributed by atoms with Crippen molar-refractivity contribution in [1.29, 1.82) is 0 Å². The highest BCUT2D eigenvalue weighted by Gasteiger charge is 2.39. The number of carbonyl (C=O) groups is 2. The molecule has 6 rings (SSSR count). The maximum Gasteiger partial charge on any atom is 0.410 e. The van der Waals surface area contributed by atoms with Crippen LogP contribution in [-0.2, 0) is 16.0 Å². The fourth-order valence-corrected chi connectivity index (χ4v) is 5.96. The number of ether oxygens (including phenoxy) is 2. The Morgan fingerprint density at radius 3 is 2.32 bits per heavy atom. The summed E-state index contributed by atoms with van der Waals surface area (Å²) in [6.45, 7) is 9.15. The minimum Gasteiger partial charge on any atom is -0.455 e. The van der Waals surface area contributed by atoms with Crippen molar-refractivity contribution in [2.24, 2.45) is 5.92 Å². The summed E-state index contributed by atoms with van der Waals surface area (Å²) in [5.74, 6) is 2.20. The van der Waals surface area contributed by atoms with Gasteiger partial charge in [-0.05, 0) is 102 Å². The Morgan fingerprint density at radius 2 is 1.63 bits per heavy atom. The lowest BCUT2D eigenvalue weighted by Gasteiger charge is -2.36. The number of para-hydroxylation sites is 1. The average molecular weight is 557 g/mol. The maximum absolute atomic E-state index is 13.3. The van der Waals surface area contributed by atoms with Crippen molar-refractivity contribution in [2.75, 3.05) is 18.0 Å². The maximum atomic E-state index is 13.3. The molecule has 41 heavy (non-hydrogen) atoms. The fraction of sp³-hybridized carbons (Fsp3) is 0.485. The number of carbonyl (C=O) groups excluding carboxylic acids is 2. The van der Waals surface area contributed by atoms with Gasteiger partial charge in [0.25, 0.3) is 0 Å². The first kappa shape index (κ1) is 27.4. The van der Waals surface area contributed by atoms with Gasteiger partial charge >= 0.3 is 6.09 Å². The molecule has 216 valence electrons. The van der Waals surface area contributed by atoms with E-state index < -0.39 is 5.60 Å². The van der Waals surface area contributed by atoms with E-state index in [9.17, 15) is 9.59 Å². The Bertz CT molecular complexity index is 1410. The lowest BCUT2D eigenvalue weighted by atomic mass is 9.92. The molecule has 0 bridgehead atoms. The van der Waals surface area contributed by atoms with Crippen molar-refractivity contribution < 1.29 is 19.1 Å². The van der Waals surface area contributed by atoms with Gasteiger partial charge in [0.1, 0.15) is 17.0 Å². The van der Waals surface area contributed by atoms with Crippen LogP contribution in [0.25, 0.3) is 5.69 Å². The normalized spacial score (nSPS) is 19.6. The number of hydrogen-bond acceptors (Lipinski definition) is 5. The highest BCUT2D eigenvalue weighted by atomic mass is 16.6. The minimum absolute atomic E-state index is 0.150. The Kier molecular flexibility index (Phi) is 7.26. The van der Waals surface area contributed by atoms with Crippen molar-refractivity contribution in [3.63, 3.8) is 0 Å². The van der Waals surface area contributed by atoms with Crippen LogP contribution in [0.2, 0.25) is 0 Å². The molecule has 1 aliphatic carbocycles. The van der Waals surface area contributed by atoms with E-state index in [1.807, 2.05) is 72.9 Å². The summed E-state index contributed by atoms with van der Waals surface area (Å²) in [5.41, 5.74) is 3.53. The van der Waals surface area contributed by atoms with Crippen molar-refractivity contribution in [3.05, 3.63) is 66.0 Å². The number of nitrogens with zero attached hydrogens (tertiary/aromatic N) is 4. The number of fused-ring (bicyclic) bond motifs is 1. The lowest BCUT2D eigenvalue weighted by molar-refractivity contribution is -0.120. The molecule has 2 amide bonds. The Hall–Kier alpha value is -3.81. The second kappa shape index (κ2) is 10.9. The Balaban J connectivity index is 1.28. The van der Waals surface area contributed by atoms with Crippen LogP contribution in [0.5, 0.6) is 11.5 Å². The summed E-state index contributed by atoms with van der Waals surface area (Å²) in [7, 11) is 0. The quantitative estimate of drug-likeness (QED) is 0.343. The number of amides is 2. The molecule has 3 heterocycles. The SMILES string of the molecule is C[C@H]1CCc2c(ccc(-n3cc(C4CCN(C(=O)OC(C)(C)C)CC4)cn3)c2Oc2ccccc2)N1C(=O)C1CC1. The van der Waals surface area contributed by atoms with Crippen molar-refractivity contribution in [1.82, 2.24) is 14.7 Å². The van der Waals surface area contributed by atoms with Gasteiger partial charge in [-0.25, -0.2) is 9.48 Å². The predicted molar refractivity (Wildman–Crippen MR) is 158 cm³/mol. The third-order valence-electron chi connectivity index (χ3n) is 8.32. The molecule has 2 aromatic carbocycles. The molecule has 8 heteroatoms. The van der Waals surface area contributed by atoms with Gasteiger partial charge in [0.05, 0.1) is 11.9 Å². The molecule has 1 atom stereocenters. The number of aromatic nitrogens is 2. The van der Waals surface area contributed by atoms with Gasteiger partial charge in [-0.15, -0.1) is 0 Å². The molecule has 1 aromatic heterocycles. The van der Waals surface area contributed by atoms with E-state index in [1.54, 1.807) is 4.90 Å². The second-order valence-corrected chi connectivity index (χ2v) is 12.7. The van der Waals surface area contributed by atoms with Gasteiger partial charge in [0, 0.05) is 36.8 Å². The van der Waals surface area contributed by atoms with E-state index >= 15 is 0 Å². The van der Waals surface area contributed by atoms with Gasteiger partial charge in [-0.2, -0.15) is 5.10 Å². The Labute approximate surface area is 242 Å². The molecule has 8 nitrogen and oxygen atoms in total. The van der Waals surface area contributed by atoms with E-state index in [0.29, 0.717) is 19.0 Å². The predicted octanol–water partition coefficient (Wildman–Crippen LogP) is 6.86. The molecule has 1 saturated carbocycles. The molecule has 2 fully saturated rings. The van der Waals surface area contributed by atoms with Gasteiger partial charge in [0.15, 0.2) is 5.75 Å². The fourth-order valence-electron chi connectivity index (χ4n) is 5.96. The molecular weight excluding hydrogens is 516 g/mol. The summed E-state index contributed by atoms with van der Waals surface area (Å²) >= 11 is 0. The zero-order valence-electron chi connectivity index (χ0n) is 24.5. The average Bonchev–Trinajstić information content (AvgIpc) is 3.69. The van der Waals surface area contributed by atoms with Crippen LogP contribution < -0.4 is 9.64 Å². The number of likely N-dealkylation sites (tertiary alicyclic amines) is 1. The lowest BCUT2D eigenvalue weighted by Crippen LogP contribution is -2.43. The Morgan fingerprint density at radius 1 is 0.927 bits per heavy atom. The summed E-state index contributed by atoms with van der Waals surface area (Å²) in [4.78, 5) is 29.6. The van der Waals surface area contributed by atoms with Crippen molar-refractivity contribution in [3.8, 4) is 17.2 Å². The zero-order valence-corrected chi connectivity index (χ0v) is 24.5. The van der Waals surface area contributed by atoms with Crippen LogP contribution in [0.4, 0.5) is 10.5 Å². The molecular formula is C33H40N4O4. The smallest absolute Gasteiger partial charge is 0.410 e.